The Labute approximate surface area is 184 Å². The molecule has 0 saturated carbocycles. The van der Waals surface area contributed by atoms with E-state index in [2.05, 4.69) is 16.0 Å². The van der Waals surface area contributed by atoms with Crippen LogP contribution in [0.25, 0.3) is 44.8 Å². The third-order valence-corrected chi connectivity index (χ3v) is 5.41. The second-order valence-corrected chi connectivity index (χ2v) is 7.60. The molecule has 0 unspecified atom stereocenters. The van der Waals surface area contributed by atoms with Crippen molar-refractivity contribution in [2.75, 3.05) is 6.61 Å². The van der Waals surface area contributed by atoms with Crippen molar-refractivity contribution >= 4 is 11.0 Å². The largest absolute Gasteiger partial charge is 0.396 e. The number of hydrogen-bond acceptors (Lipinski definition) is 4. The number of nitrogens with one attached hydrogen (secondary N) is 1. The van der Waals surface area contributed by atoms with E-state index in [1.165, 1.54) is 12.1 Å². The molecule has 3 aromatic heterocycles. The van der Waals surface area contributed by atoms with Crippen molar-refractivity contribution in [3.05, 3.63) is 78.7 Å². The molecule has 0 fully saturated rings. The number of aliphatic hydroxyl groups is 1. The number of benzene rings is 2. The fourth-order valence-corrected chi connectivity index (χ4v) is 3.80. The van der Waals surface area contributed by atoms with E-state index in [1.807, 2.05) is 36.4 Å². The van der Waals surface area contributed by atoms with Gasteiger partial charge in [0.2, 0.25) is 0 Å². The van der Waals surface area contributed by atoms with Crippen LogP contribution in [0.2, 0.25) is 0 Å². The molecular weight excluding hydrogens is 405 g/mol. The molecule has 32 heavy (non-hydrogen) atoms. The van der Waals surface area contributed by atoms with Gasteiger partial charge in [-0.05, 0) is 54.8 Å². The van der Waals surface area contributed by atoms with Crippen LogP contribution in [0, 0.1) is 5.82 Å². The highest BCUT2D eigenvalue weighted by atomic mass is 19.1. The Kier molecular flexibility index (Phi) is 5.47. The summed E-state index contributed by atoms with van der Waals surface area (Å²) in [6.07, 6.45) is 3.20. The molecule has 7 heteroatoms. The molecule has 0 aliphatic carbocycles. The van der Waals surface area contributed by atoms with Crippen LogP contribution < -0.4 is 0 Å². The second kappa shape index (κ2) is 8.72. The van der Waals surface area contributed by atoms with Gasteiger partial charge in [-0.1, -0.05) is 30.3 Å². The number of aliphatic hydroxyl groups excluding tert-OH is 1. The van der Waals surface area contributed by atoms with E-state index in [9.17, 15) is 4.39 Å². The molecule has 6 nitrogen and oxygen atoms in total. The summed E-state index contributed by atoms with van der Waals surface area (Å²) in [6, 6.07) is 20.4. The average Bonchev–Trinajstić information content (AvgIpc) is 3.45. The zero-order valence-corrected chi connectivity index (χ0v) is 17.4. The Morgan fingerprint density at radius 2 is 1.66 bits per heavy atom. The van der Waals surface area contributed by atoms with Crippen molar-refractivity contribution in [2.45, 2.75) is 19.4 Å². The Morgan fingerprint density at radius 3 is 2.44 bits per heavy atom. The SMILES string of the molecule is OCCCCn1nc(-c2ccc(F)cc2)c(-c2ccnc3[nH]c(-c4ccccc4)cc23)n1. The average molecular weight is 427 g/mol. The molecule has 2 N–H and O–H groups in total. The van der Waals surface area contributed by atoms with Crippen LogP contribution in [0.3, 0.4) is 0 Å². The van der Waals surface area contributed by atoms with Crippen molar-refractivity contribution < 1.29 is 9.50 Å². The van der Waals surface area contributed by atoms with Crippen molar-refractivity contribution in [1.29, 1.82) is 0 Å². The first-order valence-corrected chi connectivity index (χ1v) is 10.6. The van der Waals surface area contributed by atoms with Gasteiger partial charge in [-0.3, -0.25) is 0 Å². The fraction of sp³-hybridized carbons (Fsp3) is 0.160. The molecule has 0 spiro atoms. The van der Waals surface area contributed by atoms with E-state index < -0.39 is 0 Å². The lowest BCUT2D eigenvalue weighted by atomic mass is 10.0. The lowest BCUT2D eigenvalue weighted by Gasteiger charge is -2.02. The molecule has 0 atom stereocenters. The molecule has 0 amide bonds. The number of H-pyrrole nitrogens is 1. The molecule has 5 aromatic rings. The first-order chi connectivity index (χ1) is 15.7. The standard InChI is InChI=1S/C25H22FN5O/c26-19-10-8-18(9-11-19)23-24(30-31(29-23)14-4-5-15-32)20-12-13-27-25-21(20)16-22(28-25)17-6-2-1-3-7-17/h1-3,6-13,16,32H,4-5,14-15H2,(H,27,28). The number of aromatic nitrogens is 5. The monoisotopic (exact) mass is 427 g/mol. The number of pyridine rings is 1. The van der Waals surface area contributed by atoms with Crippen molar-refractivity contribution in [3.63, 3.8) is 0 Å². The summed E-state index contributed by atoms with van der Waals surface area (Å²) in [4.78, 5) is 9.55. The molecule has 0 saturated heterocycles. The number of fused-ring (bicyclic) bond motifs is 1. The fourth-order valence-electron chi connectivity index (χ4n) is 3.80. The van der Waals surface area contributed by atoms with Gasteiger partial charge in [0, 0.05) is 35.0 Å². The van der Waals surface area contributed by atoms with Gasteiger partial charge in [0.1, 0.15) is 22.9 Å². The lowest BCUT2D eigenvalue weighted by Crippen LogP contribution is -2.03. The highest BCUT2D eigenvalue weighted by molar-refractivity contribution is 5.98. The van der Waals surface area contributed by atoms with E-state index in [-0.39, 0.29) is 12.4 Å². The summed E-state index contributed by atoms with van der Waals surface area (Å²) in [5.41, 5.74) is 5.90. The first-order valence-electron chi connectivity index (χ1n) is 10.6. The maximum Gasteiger partial charge on any atom is 0.138 e. The number of halogens is 1. The van der Waals surface area contributed by atoms with E-state index in [4.69, 9.17) is 15.3 Å². The molecule has 0 radical (unpaired) electrons. The van der Waals surface area contributed by atoms with Crippen LogP contribution in [-0.4, -0.2) is 36.7 Å². The van der Waals surface area contributed by atoms with E-state index in [0.29, 0.717) is 24.4 Å². The molecular formula is C25H22FN5O. The Morgan fingerprint density at radius 1 is 0.875 bits per heavy atom. The second-order valence-electron chi connectivity index (χ2n) is 7.60. The minimum absolute atomic E-state index is 0.134. The number of unbranched alkanes of at least 4 members (excludes halogenated alkanes) is 1. The van der Waals surface area contributed by atoms with Crippen molar-refractivity contribution in [2.24, 2.45) is 0 Å². The number of aromatic amines is 1. The zero-order valence-electron chi connectivity index (χ0n) is 17.4. The summed E-state index contributed by atoms with van der Waals surface area (Å²) < 4.78 is 13.5. The number of nitrogens with zero attached hydrogens (tertiary/aromatic N) is 4. The minimum Gasteiger partial charge on any atom is -0.396 e. The third kappa shape index (κ3) is 3.90. The van der Waals surface area contributed by atoms with Gasteiger partial charge in [-0.15, -0.1) is 0 Å². The highest BCUT2D eigenvalue weighted by Gasteiger charge is 2.19. The lowest BCUT2D eigenvalue weighted by molar-refractivity contribution is 0.278. The molecule has 160 valence electrons. The molecule has 0 aliphatic rings. The topological polar surface area (TPSA) is 79.6 Å². The van der Waals surface area contributed by atoms with Crippen LogP contribution >= 0.6 is 0 Å². The van der Waals surface area contributed by atoms with Gasteiger partial charge >= 0.3 is 0 Å². The summed E-state index contributed by atoms with van der Waals surface area (Å²) >= 11 is 0. The van der Waals surface area contributed by atoms with Crippen LogP contribution in [0.5, 0.6) is 0 Å². The number of aryl methyl sites for hydroxylation is 1. The normalized spacial score (nSPS) is 11.3. The molecule has 3 heterocycles. The molecule has 0 aliphatic heterocycles. The first kappa shape index (κ1) is 20.1. The van der Waals surface area contributed by atoms with Crippen LogP contribution in [-0.2, 0) is 6.54 Å². The Bertz CT molecular complexity index is 1340. The van der Waals surface area contributed by atoms with Gasteiger partial charge in [0.05, 0.1) is 6.54 Å². The van der Waals surface area contributed by atoms with Gasteiger partial charge in [-0.2, -0.15) is 15.0 Å². The number of hydrogen-bond donors (Lipinski definition) is 2. The quantitative estimate of drug-likeness (QED) is 0.356. The van der Waals surface area contributed by atoms with E-state index in [0.717, 1.165) is 39.8 Å². The van der Waals surface area contributed by atoms with Gasteiger partial charge < -0.3 is 10.1 Å². The summed E-state index contributed by atoms with van der Waals surface area (Å²) in [7, 11) is 0. The van der Waals surface area contributed by atoms with Crippen LogP contribution in [0.1, 0.15) is 12.8 Å². The predicted molar refractivity (Wildman–Crippen MR) is 122 cm³/mol. The minimum atomic E-state index is -0.296. The van der Waals surface area contributed by atoms with Gasteiger partial charge in [0.25, 0.3) is 0 Å². The molecule has 5 rings (SSSR count). The Balaban J connectivity index is 1.64. The van der Waals surface area contributed by atoms with Gasteiger partial charge in [-0.25, -0.2) is 9.37 Å². The summed E-state index contributed by atoms with van der Waals surface area (Å²) in [6.45, 7) is 0.723. The maximum atomic E-state index is 13.5. The summed E-state index contributed by atoms with van der Waals surface area (Å²) in [5, 5.41) is 19.5. The summed E-state index contributed by atoms with van der Waals surface area (Å²) in [5.74, 6) is -0.296. The third-order valence-electron chi connectivity index (χ3n) is 5.41. The smallest absolute Gasteiger partial charge is 0.138 e. The molecule has 2 aromatic carbocycles. The Hall–Kier alpha value is -3.84. The maximum absolute atomic E-state index is 13.5. The predicted octanol–water partition coefficient (Wildman–Crippen LogP) is 5.07. The molecule has 0 bridgehead atoms. The van der Waals surface area contributed by atoms with Crippen LogP contribution in [0.4, 0.5) is 4.39 Å². The van der Waals surface area contributed by atoms with Gasteiger partial charge in [0.15, 0.2) is 0 Å². The number of rotatable bonds is 7. The highest BCUT2D eigenvalue weighted by Crippen LogP contribution is 2.35. The van der Waals surface area contributed by atoms with E-state index in [1.54, 1.807) is 23.1 Å². The van der Waals surface area contributed by atoms with Crippen molar-refractivity contribution in [3.8, 4) is 33.8 Å². The zero-order chi connectivity index (χ0) is 21.9. The van der Waals surface area contributed by atoms with Crippen molar-refractivity contribution in [1.82, 2.24) is 25.0 Å². The van der Waals surface area contributed by atoms with Crippen LogP contribution in [0.15, 0.2) is 72.9 Å². The van der Waals surface area contributed by atoms with E-state index >= 15 is 0 Å².